The highest BCUT2D eigenvalue weighted by atomic mass is 19.4. The average molecular weight is 185 g/mol. The largest absolute Gasteiger partial charge is 0.416 e. The summed E-state index contributed by atoms with van der Waals surface area (Å²) < 4.78 is 37.0. The molecule has 0 amide bonds. The monoisotopic (exact) mass is 185 g/mol. The standard InChI is InChI=1S/C10H8F3/c1-2-5-8-6-3-4-7-9(8)10(11,12)13/h2-7H,1H2. The molecule has 1 aromatic carbocycles. The summed E-state index contributed by atoms with van der Waals surface area (Å²) in [5.41, 5.74) is -0.486. The van der Waals surface area contributed by atoms with Gasteiger partial charge in [-0.1, -0.05) is 30.4 Å². The van der Waals surface area contributed by atoms with Crippen LogP contribution in [-0.2, 0) is 6.18 Å². The molecule has 0 heterocycles. The number of benzene rings is 1. The van der Waals surface area contributed by atoms with Gasteiger partial charge in [0.1, 0.15) is 0 Å². The van der Waals surface area contributed by atoms with E-state index < -0.39 is 11.7 Å². The van der Waals surface area contributed by atoms with Gasteiger partial charge in [-0.25, -0.2) is 0 Å². The van der Waals surface area contributed by atoms with Crippen LogP contribution in [0.4, 0.5) is 13.2 Å². The lowest BCUT2D eigenvalue weighted by atomic mass is 10.1. The van der Waals surface area contributed by atoms with Gasteiger partial charge in [-0.3, -0.25) is 0 Å². The van der Waals surface area contributed by atoms with Crippen molar-refractivity contribution in [2.24, 2.45) is 0 Å². The summed E-state index contributed by atoms with van der Waals surface area (Å²) in [7, 11) is 0. The van der Waals surface area contributed by atoms with Crippen LogP contribution in [0.25, 0.3) is 6.08 Å². The maximum absolute atomic E-state index is 12.3. The van der Waals surface area contributed by atoms with Crippen LogP contribution in [0.2, 0.25) is 0 Å². The number of halogens is 3. The molecule has 1 aromatic rings. The van der Waals surface area contributed by atoms with Crippen molar-refractivity contribution in [1.29, 1.82) is 0 Å². The lowest BCUT2D eigenvalue weighted by Gasteiger charge is -2.09. The van der Waals surface area contributed by atoms with Gasteiger partial charge < -0.3 is 0 Å². The van der Waals surface area contributed by atoms with E-state index in [9.17, 15) is 13.2 Å². The predicted molar refractivity (Wildman–Crippen MR) is 45.8 cm³/mol. The Morgan fingerprint density at radius 1 is 1.15 bits per heavy atom. The lowest BCUT2D eigenvalue weighted by Crippen LogP contribution is -2.06. The molecule has 0 aromatic heterocycles. The predicted octanol–water partition coefficient (Wildman–Crippen LogP) is 3.55. The Kier molecular flexibility index (Phi) is 2.76. The first-order chi connectivity index (χ1) is 6.05. The van der Waals surface area contributed by atoms with Gasteiger partial charge >= 0.3 is 6.18 Å². The zero-order chi connectivity index (χ0) is 9.90. The number of hydrogen-bond donors (Lipinski definition) is 0. The van der Waals surface area contributed by atoms with Crippen LogP contribution in [0, 0.1) is 6.92 Å². The lowest BCUT2D eigenvalue weighted by molar-refractivity contribution is -0.137. The Morgan fingerprint density at radius 2 is 1.77 bits per heavy atom. The van der Waals surface area contributed by atoms with Crippen LogP contribution >= 0.6 is 0 Å². The fraction of sp³-hybridized carbons (Fsp3) is 0.100. The Morgan fingerprint density at radius 3 is 2.31 bits per heavy atom. The molecule has 0 N–H and O–H groups in total. The van der Waals surface area contributed by atoms with Crippen LogP contribution in [0.1, 0.15) is 11.1 Å². The Bertz CT molecular complexity index is 310. The summed E-state index contributed by atoms with van der Waals surface area (Å²) in [6.07, 6.45) is -1.62. The quantitative estimate of drug-likeness (QED) is 0.627. The van der Waals surface area contributed by atoms with Crippen molar-refractivity contribution in [1.82, 2.24) is 0 Å². The van der Waals surface area contributed by atoms with Gasteiger partial charge in [0.15, 0.2) is 0 Å². The molecular weight excluding hydrogens is 177 g/mol. The third-order valence-corrected chi connectivity index (χ3v) is 1.56. The first kappa shape index (κ1) is 9.84. The third-order valence-electron chi connectivity index (χ3n) is 1.56. The second-order valence-corrected chi connectivity index (χ2v) is 2.49. The van der Waals surface area contributed by atoms with E-state index in [-0.39, 0.29) is 5.56 Å². The minimum atomic E-state index is -4.30. The zero-order valence-electron chi connectivity index (χ0n) is 6.81. The summed E-state index contributed by atoms with van der Waals surface area (Å²) in [5.74, 6) is 0. The Labute approximate surface area is 74.7 Å². The molecule has 1 rings (SSSR count). The summed E-state index contributed by atoms with van der Waals surface area (Å²) in [6, 6.07) is 5.38. The molecule has 0 bridgehead atoms. The SMILES string of the molecule is [CH2]C=Cc1ccccc1C(F)(F)F. The van der Waals surface area contributed by atoms with Crippen molar-refractivity contribution in [2.75, 3.05) is 0 Å². The molecule has 0 aliphatic carbocycles. The fourth-order valence-electron chi connectivity index (χ4n) is 1.03. The minimum Gasteiger partial charge on any atom is -0.166 e. The molecule has 0 unspecified atom stereocenters. The highest BCUT2D eigenvalue weighted by molar-refractivity contribution is 5.54. The summed E-state index contributed by atoms with van der Waals surface area (Å²) in [6.45, 7) is 3.36. The molecule has 0 aliphatic rings. The molecule has 0 atom stereocenters. The fourth-order valence-corrected chi connectivity index (χ4v) is 1.03. The van der Waals surface area contributed by atoms with Gasteiger partial charge in [0, 0.05) is 0 Å². The zero-order valence-corrected chi connectivity index (χ0v) is 6.81. The van der Waals surface area contributed by atoms with Crippen LogP contribution in [-0.4, -0.2) is 0 Å². The van der Waals surface area contributed by atoms with Crippen LogP contribution < -0.4 is 0 Å². The maximum Gasteiger partial charge on any atom is 0.416 e. The van der Waals surface area contributed by atoms with Crippen LogP contribution in [0.5, 0.6) is 0 Å². The molecular formula is C10H8F3. The van der Waals surface area contributed by atoms with Gasteiger partial charge in [-0.05, 0) is 18.6 Å². The van der Waals surface area contributed by atoms with Crippen molar-refractivity contribution >= 4 is 6.08 Å². The summed E-state index contributed by atoms with van der Waals surface area (Å²) >= 11 is 0. The van der Waals surface area contributed by atoms with Gasteiger partial charge in [0.2, 0.25) is 0 Å². The van der Waals surface area contributed by atoms with Crippen molar-refractivity contribution in [3.05, 3.63) is 48.4 Å². The third kappa shape index (κ3) is 2.34. The number of allylic oxidation sites excluding steroid dienone is 1. The molecule has 0 spiro atoms. The topological polar surface area (TPSA) is 0 Å². The van der Waals surface area contributed by atoms with E-state index >= 15 is 0 Å². The first-order valence-electron chi connectivity index (χ1n) is 3.67. The molecule has 69 valence electrons. The maximum atomic E-state index is 12.3. The number of hydrogen-bond acceptors (Lipinski definition) is 0. The normalized spacial score (nSPS) is 12.3. The number of rotatable bonds is 1. The van der Waals surface area contributed by atoms with Crippen molar-refractivity contribution in [2.45, 2.75) is 6.18 Å². The van der Waals surface area contributed by atoms with E-state index in [2.05, 4.69) is 6.92 Å². The molecule has 0 fully saturated rings. The van der Waals surface area contributed by atoms with E-state index in [1.165, 1.54) is 24.3 Å². The van der Waals surface area contributed by atoms with Crippen molar-refractivity contribution < 1.29 is 13.2 Å². The first-order valence-corrected chi connectivity index (χ1v) is 3.67. The second-order valence-electron chi connectivity index (χ2n) is 2.49. The molecule has 0 nitrogen and oxygen atoms in total. The van der Waals surface area contributed by atoms with Crippen LogP contribution in [0.15, 0.2) is 30.3 Å². The van der Waals surface area contributed by atoms with E-state index in [1.807, 2.05) is 0 Å². The van der Waals surface area contributed by atoms with E-state index in [0.29, 0.717) is 0 Å². The second kappa shape index (κ2) is 3.64. The average Bonchev–Trinajstić information content (AvgIpc) is 2.04. The molecule has 0 saturated heterocycles. The smallest absolute Gasteiger partial charge is 0.166 e. The Hall–Kier alpha value is -1.25. The molecule has 3 heteroatoms. The highest BCUT2D eigenvalue weighted by Gasteiger charge is 2.32. The molecule has 0 saturated carbocycles. The highest BCUT2D eigenvalue weighted by Crippen LogP contribution is 2.32. The van der Waals surface area contributed by atoms with Crippen molar-refractivity contribution in [3.63, 3.8) is 0 Å². The molecule has 1 radical (unpaired) electrons. The summed E-state index contributed by atoms with van der Waals surface area (Å²) in [4.78, 5) is 0. The van der Waals surface area contributed by atoms with E-state index in [0.717, 1.165) is 6.07 Å². The Balaban J connectivity index is 3.20. The van der Waals surface area contributed by atoms with Crippen molar-refractivity contribution in [3.8, 4) is 0 Å². The molecule has 13 heavy (non-hydrogen) atoms. The van der Waals surface area contributed by atoms with Gasteiger partial charge in [0.05, 0.1) is 5.56 Å². The van der Waals surface area contributed by atoms with Gasteiger partial charge in [0.25, 0.3) is 0 Å². The summed E-state index contributed by atoms with van der Waals surface area (Å²) in [5, 5.41) is 0. The van der Waals surface area contributed by atoms with E-state index in [4.69, 9.17) is 0 Å². The van der Waals surface area contributed by atoms with E-state index in [1.54, 1.807) is 6.07 Å². The van der Waals surface area contributed by atoms with Gasteiger partial charge in [-0.15, -0.1) is 0 Å². The van der Waals surface area contributed by atoms with Crippen LogP contribution in [0.3, 0.4) is 0 Å². The number of alkyl halides is 3. The van der Waals surface area contributed by atoms with Gasteiger partial charge in [-0.2, -0.15) is 13.2 Å². The molecule has 0 aliphatic heterocycles. The minimum absolute atomic E-state index is 0.144.